The molecule has 2 atom stereocenters. The molecule has 0 bridgehead atoms. The van der Waals surface area contributed by atoms with Gasteiger partial charge in [-0.15, -0.1) is 11.8 Å². The minimum absolute atomic E-state index is 0.143. The van der Waals surface area contributed by atoms with Gasteiger partial charge < -0.3 is 34.3 Å². The number of ether oxygens (including phenoxy) is 1. The molecule has 368 valence electrons. The van der Waals surface area contributed by atoms with Crippen molar-refractivity contribution in [1.82, 2.24) is 14.8 Å². The number of aromatic nitrogens is 1. The molecule has 1 aromatic heterocycles. The Morgan fingerprint density at radius 2 is 1.54 bits per heavy atom. The largest absolute Gasteiger partial charge is 0.771 e. The van der Waals surface area contributed by atoms with Crippen LogP contribution in [-0.2, 0) is 32.9 Å². The molecule has 2 aliphatic rings. The maximum atomic E-state index is 14.0. The highest BCUT2D eigenvalue weighted by molar-refractivity contribution is 7.99. The van der Waals surface area contributed by atoms with Crippen molar-refractivity contribution in [3.63, 3.8) is 0 Å². The van der Waals surface area contributed by atoms with Crippen LogP contribution in [0.5, 0.6) is 0 Å². The number of thioether (sulfide) groups is 1. The van der Waals surface area contributed by atoms with Gasteiger partial charge in [0.15, 0.2) is 0 Å². The number of nitro groups is 1. The Hall–Kier alpha value is -6.29. The van der Waals surface area contributed by atoms with Gasteiger partial charge in [0.1, 0.15) is 11.5 Å². The van der Waals surface area contributed by atoms with Gasteiger partial charge in [-0.2, -0.15) is 0 Å². The predicted octanol–water partition coefficient (Wildman–Crippen LogP) is 7.70. The van der Waals surface area contributed by atoms with Crippen LogP contribution >= 0.6 is 11.8 Å². The molecule has 3 heterocycles. The van der Waals surface area contributed by atoms with E-state index in [1.54, 1.807) is 43.0 Å². The third-order valence-electron chi connectivity index (χ3n) is 12.6. The third-order valence-corrected chi connectivity index (χ3v) is 15.5. The molecule has 8 rings (SSSR count). The average molecular weight is 1010 g/mol. The molecule has 0 radical (unpaired) electrons. The van der Waals surface area contributed by atoms with E-state index in [-0.39, 0.29) is 22.3 Å². The number of anilines is 4. The molecular formula is C50H54FN8O8S3-. The van der Waals surface area contributed by atoms with E-state index in [1.165, 1.54) is 24.3 Å². The number of amides is 1. The predicted molar refractivity (Wildman–Crippen MR) is 273 cm³/mol. The molecule has 0 aliphatic carbocycles. The lowest BCUT2D eigenvalue weighted by Gasteiger charge is -2.37. The van der Waals surface area contributed by atoms with Gasteiger partial charge in [-0.1, -0.05) is 30.3 Å². The fraction of sp³-hybridized carbons (Fsp3) is 0.300. The SMILES string of the molecule is Cc1c(C(=O)NCS(=O)[O-])c(-c2cccc(N3CCN(c4ccc(NS(=O)(=O)c5ccc(N[C@H](CCN6CCOCC6)CSc6ccccc6)c([N+](=O)[O-])c5)cc4)CC3)c2)c(-c2ccc(F)cc2)n1C. The van der Waals surface area contributed by atoms with E-state index in [0.717, 1.165) is 54.0 Å². The van der Waals surface area contributed by atoms with Crippen molar-refractivity contribution in [2.24, 2.45) is 7.05 Å². The zero-order valence-electron chi connectivity index (χ0n) is 38.7. The van der Waals surface area contributed by atoms with Crippen LogP contribution in [0.25, 0.3) is 22.4 Å². The molecule has 2 fully saturated rings. The van der Waals surface area contributed by atoms with E-state index in [2.05, 4.69) is 30.1 Å². The van der Waals surface area contributed by atoms with Gasteiger partial charge in [0.25, 0.3) is 21.6 Å². The minimum atomic E-state index is -4.21. The fourth-order valence-corrected chi connectivity index (χ4v) is 11.1. The quantitative estimate of drug-likeness (QED) is 0.0310. The van der Waals surface area contributed by atoms with Gasteiger partial charge >= 0.3 is 0 Å². The molecule has 20 heteroatoms. The molecule has 70 heavy (non-hydrogen) atoms. The van der Waals surface area contributed by atoms with E-state index < -0.39 is 43.6 Å². The van der Waals surface area contributed by atoms with Crippen molar-refractivity contribution in [3.05, 3.63) is 149 Å². The van der Waals surface area contributed by atoms with E-state index in [1.807, 2.05) is 78.3 Å². The first-order valence-corrected chi connectivity index (χ1v) is 26.5. The normalized spacial score (nSPS) is 15.3. The van der Waals surface area contributed by atoms with Crippen molar-refractivity contribution in [2.75, 3.05) is 90.5 Å². The number of benzene rings is 5. The summed E-state index contributed by atoms with van der Waals surface area (Å²) in [6, 6.07) is 34.5. The Morgan fingerprint density at radius 1 is 0.857 bits per heavy atom. The Bertz CT molecular complexity index is 2930. The molecule has 0 spiro atoms. The summed E-state index contributed by atoms with van der Waals surface area (Å²) in [6.45, 7) is 8.11. The molecular weight excluding hydrogens is 956 g/mol. The number of hydrogen-bond donors (Lipinski definition) is 3. The summed E-state index contributed by atoms with van der Waals surface area (Å²) in [5.74, 6) is -0.847. The van der Waals surface area contributed by atoms with Crippen LogP contribution in [0.2, 0.25) is 0 Å². The second-order valence-corrected chi connectivity index (χ2v) is 20.7. The number of piperazine rings is 1. The average Bonchev–Trinajstić information content (AvgIpc) is 3.64. The van der Waals surface area contributed by atoms with Crippen LogP contribution in [-0.4, -0.2) is 114 Å². The molecule has 0 saturated carbocycles. The number of carbonyl (C=O) groups excluding carboxylic acids is 1. The lowest BCUT2D eigenvalue weighted by Crippen LogP contribution is -2.46. The summed E-state index contributed by atoms with van der Waals surface area (Å²) in [5, 5.41) is 18.3. The number of halogens is 1. The topological polar surface area (TPSA) is 194 Å². The molecule has 5 aromatic carbocycles. The number of carbonyl (C=O) groups is 1. The number of hydrogen-bond acceptors (Lipinski definition) is 13. The van der Waals surface area contributed by atoms with E-state index >= 15 is 0 Å². The van der Waals surface area contributed by atoms with Crippen molar-refractivity contribution in [2.45, 2.75) is 29.2 Å². The summed E-state index contributed by atoms with van der Waals surface area (Å²) in [5.41, 5.74) is 5.63. The Balaban J connectivity index is 0.930. The van der Waals surface area contributed by atoms with Crippen molar-refractivity contribution >= 4 is 67.2 Å². The summed E-state index contributed by atoms with van der Waals surface area (Å²) in [4.78, 5) is 33.0. The highest BCUT2D eigenvalue weighted by Crippen LogP contribution is 2.40. The zero-order valence-corrected chi connectivity index (χ0v) is 41.2. The van der Waals surface area contributed by atoms with Crippen LogP contribution in [0, 0.1) is 22.9 Å². The number of nitrogens with one attached hydrogen (secondary N) is 3. The maximum Gasteiger partial charge on any atom is 0.293 e. The van der Waals surface area contributed by atoms with Crippen LogP contribution in [0.4, 0.5) is 32.8 Å². The van der Waals surface area contributed by atoms with Crippen LogP contribution < -0.4 is 25.2 Å². The molecule has 1 amide bonds. The summed E-state index contributed by atoms with van der Waals surface area (Å²) < 4.78 is 74.1. The number of morpholine rings is 1. The first-order valence-electron chi connectivity index (χ1n) is 22.8. The van der Waals surface area contributed by atoms with Crippen molar-refractivity contribution < 1.29 is 36.0 Å². The van der Waals surface area contributed by atoms with Crippen LogP contribution in [0.3, 0.4) is 0 Å². The lowest BCUT2D eigenvalue weighted by molar-refractivity contribution is -0.384. The monoisotopic (exact) mass is 1010 g/mol. The van der Waals surface area contributed by atoms with Gasteiger partial charge in [-0.05, 0) is 120 Å². The third kappa shape index (κ3) is 12.2. The first-order chi connectivity index (χ1) is 33.7. The summed E-state index contributed by atoms with van der Waals surface area (Å²) in [6.07, 6.45) is 0.719. The van der Waals surface area contributed by atoms with Crippen LogP contribution in [0.1, 0.15) is 22.5 Å². The van der Waals surface area contributed by atoms with E-state index in [0.29, 0.717) is 78.9 Å². The highest BCUT2D eigenvalue weighted by Gasteiger charge is 2.28. The van der Waals surface area contributed by atoms with E-state index in [4.69, 9.17) is 4.74 Å². The molecule has 16 nitrogen and oxygen atoms in total. The summed E-state index contributed by atoms with van der Waals surface area (Å²) >= 11 is -0.843. The Labute approximate surface area is 413 Å². The summed E-state index contributed by atoms with van der Waals surface area (Å²) in [7, 11) is -2.40. The smallest absolute Gasteiger partial charge is 0.293 e. The van der Waals surface area contributed by atoms with Gasteiger partial charge in [0, 0.05) is 104 Å². The molecule has 2 saturated heterocycles. The van der Waals surface area contributed by atoms with Gasteiger partial charge in [-0.25, -0.2) is 12.8 Å². The second kappa shape index (κ2) is 22.6. The molecule has 2 aliphatic heterocycles. The van der Waals surface area contributed by atoms with Gasteiger partial charge in [0.2, 0.25) is 0 Å². The molecule has 1 unspecified atom stereocenters. The number of nitrogens with zero attached hydrogens (tertiary/aromatic N) is 5. The second-order valence-electron chi connectivity index (χ2n) is 17.0. The standard InChI is InChI=1S/C50H55FN8O8S3/c1-35-47(50(60)52-34-69(63)64)48(49(55(35)2)36-11-13-38(51)14-12-36)37-7-6-8-42(31-37)58-25-23-57(24-26-58)41-17-15-39(16-18-41)54-70(65,66)44-19-20-45(46(32-44)59(61)62)53-40(21-22-56-27-29-67-30-28-56)33-68-43-9-4-3-5-10-43/h3-20,31-32,40,53-54H,21-30,33-34H2,1-2H3,(H,52,60)(H,63,64)/p-1/t40-/m1/s1. The number of sulfonamides is 1. The van der Waals surface area contributed by atoms with E-state index in [9.17, 15) is 36.5 Å². The zero-order chi connectivity index (χ0) is 49.4. The van der Waals surface area contributed by atoms with Crippen molar-refractivity contribution in [3.8, 4) is 22.4 Å². The minimum Gasteiger partial charge on any atom is -0.771 e. The van der Waals surface area contributed by atoms with Crippen molar-refractivity contribution in [1.29, 1.82) is 0 Å². The molecule has 6 aromatic rings. The Kier molecular flexibility index (Phi) is 16.2. The van der Waals surface area contributed by atoms with Gasteiger partial charge in [0.05, 0.1) is 40.2 Å². The van der Waals surface area contributed by atoms with Gasteiger partial charge in [-0.3, -0.25) is 28.7 Å². The number of nitro benzene ring substituents is 1. The van der Waals surface area contributed by atoms with Crippen LogP contribution in [0.15, 0.2) is 131 Å². The first kappa shape index (κ1) is 50.1. The fourth-order valence-electron chi connectivity index (χ4n) is 8.80. The highest BCUT2D eigenvalue weighted by atomic mass is 32.2. The molecule has 3 N–H and O–H groups in total. The number of rotatable bonds is 19. The lowest BCUT2D eigenvalue weighted by atomic mass is 9.96. The Morgan fingerprint density at radius 3 is 2.21 bits per heavy atom. The maximum absolute atomic E-state index is 14.0.